The minimum absolute atomic E-state index is 0.200. The number of ether oxygens (including phenoxy) is 2. The van der Waals surface area contributed by atoms with Gasteiger partial charge < -0.3 is 14.8 Å². The fraction of sp³-hybridized carbons (Fsp3) is 0.278. The van der Waals surface area contributed by atoms with Crippen molar-refractivity contribution >= 4 is 5.91 Å². The van der Waals surface area contributed by atoms with Gasteiger partial charge >= 0.3 is 0 Å². The van der Waals surface area contributed by atoms with E-state index in [0.717, 1.165) is 0 Å². The molecule has 10 nitrogen and oxygen atoms in total. The lowest BCUT2D eigenvalue weighted by molar-refractivity contribution is -0.133. The number of aromatic nitrogens is 5. The molecule has 0 saturated heterocycles. The number of rotatable bonds is 5. The molecule has 1 aliphatic rings. The Hall–Kier alpha value is -3.69. The maximum Gasteiger partial charge on any atom is 0.266 e. The van der Waals surface area contributed by atoms with E-state index in [0.29, 0.717) is 17.3 Å². The maximum atomic E-state index is 12.5. The molecule has 0 fully saturated rings. The SMILES string of the molecule is C[C@@H]1Oc2ccccc2O[C@H]1C(=O)NCCn1nc(-n2cncn2)ccc1=O. The normalized spacial score (nSPS) is 17.9. The van der Waals surface area contributed by atoms with Crippen molar-refractivity contribution in [1.29, 1.82) is 0 Å². The van der Waals surface area contributed by atoms with Crippen LogP contribution < -0.4 is 20.3 Å². The zero-order valence-electron chi connectivity index (χ0n) is 15.1. The Balaban J connectivity index is 1.38. The first-order valence-corrected chi connectivity index (χ1v) is 8.75. The van der Waals surface area contributed by atoms with Gasteiger partial charge in [-0.25, -0.2) is 14.3 Å². The summed E-state index contributed by atoms with van der Waals surface area (Å²) in [6.45, 7) is 2.18. The molecule has 0 saturated carbocycles. The van der Waals surface area contributed by atoms with Crippen LogP contribution in [-0.4, -0.2) is 49.2 Å². The van der Waals surface area contributed by atoms with E-state index >= 15 is 0 Å². The monoisotopic (exact) mass is 382 g/mol. The summed E-state index contributed by atoms with van der Waals surface area (Å²) in [5, 5.41) is 11.0. The standard InChI is InChI=1S/C18H18N6O4/c1-12-17(28-14-5-3-2-4-13(14)27-12)18(26)20-8-9-23-16(25)7-6-15(22-23)24-11-19-10-21-24/h2-7,10-12,17H,8-9H2,1H3,(H,20,26)/t12-,17+/m0/s1. The largest absolute Gasteiger partial charge is 0.482 e. The molecule has 0 aliphatic carbocycles. The Morgan fingerprint density at radius 3 is 2.71 bits per heavy atom. The molecule has 0 bridgehead atoms. The first kappa shape index (κ1) is 17.7. The van der Waals surface area contributed by atoms with E-state index in [4.69, 9.17) is 9.47 Å². The summed E-state index contributed by atoms with van der Waals surface area (Å²) in [7, 11) is 0. The van der Waals surface area contributed by atoms with Crippen LogP contribution in [0.2, 0.25) is 0 Å². The van der Waals surface area contributed by atoms with Crippen molar-refractivity contribution in [1.82, 2.24) is 29.9 Å². The number of para-hydroxylation sites is 2. The summed E-state index contributed by atoms with van der Waals surface area (Å²) >= 11 is 0. The highest BCUT2D eigenvalue weighted by Crippen LogP contribution is 2.33. The van der Waals surface area contributed by atoms with Crippen molar-refractivity contribution in [3.63, 3.8) is 0 Å². The van der Waals surface area contributed by atoms with E-state index in [1.54, 1.807) is 25.1 Å². The molecule has 0 unspecified atom stereocenters. The lowest BCUT2D eigenvalue weighted by Crippen LogP contribution is -2.49. The molecule has 0 radical (unpaired) electrons. The van der Waals surface area contributed by atoms with Gasteiger partial charge in [0.15, 0.2) is 17.3 Å². The lowest BCUT2D eigenvalue weighted by atomic mass is 10.1. The number of nitrogens with zero attached hydrogens (tertiary/aromatic N) is 5. The summed E-state index contributed by atoms with van der Waals surface area (Å²) < 4.78 is 14.2. The van der Waals surface area contributed by atoms with Crippen LogP contribution in [0, 0.1) is 0 Å². The summed E-state index contributed by atoms with van der Waals surface area (Å²) in [5.41, 5.74) is -0.280. The quantitative estimate of drug-likeness (QED) is 0.669. The predicted molar refractivity (Wildman–Crippen MR) is 97.4 cm³/mol. The molecular weight excluding hydrogens is 364 g/mol. The average molecular weight is 382 g/mol. The second kappa shape index (κ2) is 7.51. The van der Waals surface area contributed by atoms with Gasteiger partial charge in [0.25, 0.3) is 11.5 Å². The average Bonchev–Trinajstić information content (AvgIpc) is 3.23. The number of fused-ring (bicyclic) bond motifs is 1. The van der Waals surface area contributed by atoms with Crippen molar-refractivity contribution in [3.8, 4) is 17.3 Å². The number of hydrogen-bond donors (Lipinski definition) is 1. The minimum Gasteiger partial charge on any atom is -0.482 e. The highest BCUT2D eigenvalue weighted by molar-refractivity contribution is 5.82. The molecule has 144 valence electrons. The Labute approximate surface area is 159 Å². The fourth-order valence-corrected chi connectivity index (χ4v) is 2.84. The maximum absolute atomic E-state index is 12.5. The third-order valence-electron chi connectivity index (χ3n) is 4.23. The van der Waals surface area contributed by atoms with Gasteiger partial charge in [0.2, 0.25) is 6.10 Å². The highest BCUT2D eigenvalue weighted by atomic mass is 16.6. The topological polar surface area (TPSA) is 113 Å². The van der Waals surface area contributed by atoms with E-state index in [9.17, 15) is 9.59 Å². The number of carbonyl (C=O) groups is 1. The van der Waals surface area contributed by atoms with Gasteiger partial charge in [-0.15, -0.1) is 5.10 Å². The van der Waals surface area contributed by atoms with Crippen LogP contribution in [0.1, 0.15) is 6.92 Å². The molecule has 0 spiro atoms. The molecule has 3 aromatic rings. The molecule has 2 aromatic heterocycles. The van der Waals surface area contributed by atoms with Gasteiger partial charge in [0, 0.05) is 12.6 Å². The molecule has 1 aromatic carbocycles. The molecule has 10 heteroatoms. The van der Waals surface area contributed by atoms with Gasteiger partial charge in [-0.05, 0) is 25.1 Å². The van der Waals surface area contributed by atoms with E-state index < -0.39 is 12.2 Å². The van der Waals surface area contributed by atoms with Crippen molar-refractivity contribution in [3.05, 3.63) is 59.4 Å². The Kier molecular flexibility index (Phi) is 4.75. The fourth-order valence-electron chi connectivity index (χ4n) is 2.84. The molecule has 1 amide bonds. The van der Waals surface area contributed by atoms with E-state index in [1.807, 2.05) is 12.1 Å². The molecule has 4 rings (SSSR count). The minimum atomic E-state index is -0.777. The van der Waals surface area contributed by atoms with Crippen LogP contribution in [0.4, 0.5) is 0 Å². The summed E-state index contributed by atoms with van der Waals surface area (Å²) in [6.07, 6.45) is 1.65. The van der Waals surface area contributed by atoms with Crippen LogP contribution in [0.3, 0.4) is 0 Å². The third kappa shape index (κ3) is 3.56. The first-order valence-electron chi connectivity index (χ1n) is 8.75. The lowest BCUT2D eigenvalue weighted by Gasteiger charge is -2.31. The van der Waals surface area contributed by atoms with Crippen LogP contribution in [-0.2, 0) is 11.3 Å². The number of nitrogens with one attached hydrogen (secondary N) is 1. The Bertz CT molecular complexity index is 1030. The van der Waals surface area contributed by atoms with Crippen molar-refractivity contribution in [2.45, 2.75) is 25.7 Å². The smallest absolute Gasteiger partial charge is 0.266 e. The second-order valence-electron chi connectivity index (χ2n) is 6.19. The van der Waals surface area contributed by atoms with Crippen LogP contribution in [0.15, 0.2) is 53.8 Å². The summed E-state index contributed by atoms with van der Waals surface area (Å²) in [5.74, 6) is 1.28. The van der Waals surface area contributed by atoms with Crippen molar-refractivity contribution < 1.29 is 14.3 Å². The van der Waals surface area contributed by atoms with Crippen LogP contribution in [0.25, 0.3) is 5.82 Å². The molecule has 2 atom stereocenters. The number of hydrogen-bond acceptors (Lipinski definition) is 7. The number of amides is 1. The zero-order chi connectivity index (χ0) is 19.5. The molecule has 1 N–H and O–H groups in total. The van der Waals surface area contributed by atoms with E-state index in [1.165, 1.54) is 28.1 Å². The third-order valence-corrected chi connectivity index (χ3v) is 4.23. The van der Waals surface area contributed by atoms with Gasteiger partial charge in [0.05, 0.1) is 6.54 Å². The van der Waals surface area contributed by atoms with E-state index in [2.05, 4.69) is 20.5 Å². The zero-order valence-corrected chi connectivity index (χ0v) is 15.1. The van der Waals surface area contributed by atoms with Gasteiger partial charge in [-0.1, -0.05) is 12.1 Å². The molecule has 1 aliphatic heterocycles. The van der Waals surface area contributed by atoms with E-state index in [-0.39, 0.29) is 24.6 Å². The molecular formula is C18H18N6O4. The van der Waals surface area contributed by atoms with Crippen LogP contribution in [0.5, 0.6) is 11.5 Å². The number of carbonyl (C=O) groups excluding carboxylic acids is 1. The van der Waals surface area contributed by atoms with Crippen molar-refractivity contribution in [2.24, 2.45) is 0 Å². The van der Waals surface area contributed by atoms with Gasteiger partial charge in [-0.3, -0.25) is 9.59 Å². The second-order valence-corrected chi connectivity index (χ2v) is 6.19. The Morgan fingerprint density at radius 1 is 1.18 bits per heavy atom. The Morgan fingerprint density at radius 2 is 1.96 bits per heavy atom. The highest BCUT2D eigenvalue weighted by Gasteiger charge is 2.33. The summed E-state index contributed by atoms with van der Waals surface area (Å²) in [4.78, 5) is 28.4. The number of benzene rings is 1. The first-order chi connectivity index (χ1) is 13.6. The molecule has 3 heterocycles. The van der Waals surface area contributed by atoms with Crippen molar-refractivity contribution in [2.75, 3.05) is 6.54 Å². The molecule has 28 heavy (non-hydrogen) atoms. The van der Waals surface area contributed by atoms with Gasteiger partial charge in [0.1, 0.15) is 18.8 Å². The summed E-state index contributed by atoms with van der Waals surface area (Å²) in [6, 6.07) is 10.1. The van der Waals surface area contributed by atoms with Crippen LogP contribution >= 0.6 is 0 Å². The predicted octanol–water partition coefficient (Wildman–Crippen LogP) is 0.169. The van der Waals surface area contributed by atoms with Gasteiger partial charge in [-0.2, -0.15) is 5.10 Å².